The Morgan fingerprint density at radius 2 is 2.26 bits per heavy atom. The number of hydrogen-bond acceptors (Lipinski definition) is 7. The molecule has 4 aromatic rings. The van der Waals surface area contributed by atoms with Crippen LogP contribution >= 0.6 is 23.1 Å². The number of ether oxygens (including phenoxy) is 1. The van der Waals surface area contributed by atoms with E-state index in [-0.39, 0.29) is 16.9 Å². The maximum atomic E-state index is 12.9. The van der Waals surface area contributed by atoms with Gasteiger partial charge in [0.1, 0.15) is 16.4 Å². The van der Waals surface area contributed by atoms with Gasteiger partial charge in [0, 0.05) is 23.2 Å². The molecular formula is C22H24N4O3S2. The van der Waals surface area contributed by atoms with Crippen LogP contribution in [0.2, 0.25) is 0 Å². The predicted octanol–water partition coefficient (Wildman–Crippen LogP) is 5.09. The third kappa shape index (κ3) is 3.86. The van der Waals surface area contributed by atoms with Gasteiger partial charge in [-0.1, -0.05) is 11.8 Å². The molecule has 0 radical (unpaired) electrons. The lowest BCUT2D eigenvalue weighted by atomic mass is 10.2. The van der Waals surface area contributed by atoms with E-state index in [2.05, 4.69) is 16.5 Å². The van der Waals surface area contributed by atoms with Crippen LogP contribution in [0.3, 0.4) is 0 Å². The van der Waals surface area contributed by atoms with E-state index in [9.17, 15) is 4.79 Å². The van der Waals surface area contributed by atoms with E-state index in [1.165, 1.54) is 11.3 Å². The van der Waals surface area contributed by atoms with Gasteiger partial charge in [-0.25, -0.2) is 9.97 Å². The molecule has 162 valence electrons. The highest BCUT2D eigenvalue weighted by atomic mass is 32.2. The second-order valence-corrected chi connectivity index (χ2v) is 9.99. The van der Waals surface area contributed by atoms with E-state index in [1.807, 2.05) is 31.4 Å². The molecule has 0 aliphatic carbocycles. The molecule has 5 rings (SSSR count). The molecule has 1 aliphatic heterocycles. The van der Waals surface area contributed by atoms with Crippen LogP contribution in [0, 0.1) is 13.8 Å². The molecule has 0 aromatic carbocycles. The van der Waals surface area contributed by atoms with Crippen LogP contribution in [0.5, 0.6) is 0 Å². The molecule has 0 amide bonds. The molecular weight excluding hydrogens is 432 g/mol. The summed E-state index contributed by atoms with van der Waals surface area (Å²) in [6.45, 7) is 7.82. The number of aromatic nitrogens is 4. The summed E-state index contributed by atoms with van der Waals surface area (Å²) in [6.07, 6.45) is 4.04. The van der Waals surface area contributed by atoms with Crippen molar-refractivity contribution in [2.45, 2.75) is 56.7 Å². The molecule has 1 fully saturated rings. The smallest absolute Gasteiger partial charge is 0.260 e. The minimum absolute atomic E-state index is 0.0595. The van der Waals surface area contributed by atoms with Crippen LogP contribution < -0.4 is 5.56 Å². The quantitative estimate of drug-likeness (QED) is 0.407. The summed E-state index contributed by atoms with van der Waals surface area (Å²) in [4.78, 5) is 26.2. The monoisotopic (exact) mass is 456 g/mol. The second kappa shape index (κ2) is 8.29. The number of thiophene rings is 1. The minimum atomic E-state index is -0.143. The molecule has 1 N–H and O–H groups in total. The maximum Gasteiger partial charge on any atom is 0.260 e. The minimum Gasteiger partial charge on any atom is -0.464 e. The molecule has 0 spiro atoms. The van der Waals surface area contributed by atoms with Crippen molar-refractivity contribution in [3.63, 3.8) is 0 Å². The van der Waals surface area contributed by atoms with Crippen LogP contribution in [0.15, 0.2) is 38.1 Å². The summed E-state index contributed by atoms with van der Waals surface area (Å²) >= 11 is 3.07. The molecule has 0 saturated carbocycles. The third-order valence-corrected chi connectivity index (χ3v) is 7.72. The van der Waals surface area contributed by atoms with Gasteiger partial charge in [0.05, 0.1) is 35.2 Å². The second-order valence-electron chi connectivity index (χ2n) is 7.83. The van der Waals surface area contributed by atoms with E-state index in [0.717, 1.165) is 48.1 Å². The van der Waals surface area contributed by atoms with Gasteiger partial charge in [0.2, 0.25) is 0 Å². The maximum absolute atomic E-state index is 12.9. The average molecular weight is 457 g/mol. The highest BCUT2D eigenvalue weighted by molar-refractivity contribution is 7.99. The molecule has 4 aromatic heterocycles. The van der Waals surface area contributed by atoms with Crippen LogP contribution in [0.25, 0.3) is 21.5 Å². The van der Waals surface area contributed by atoms with Crippen molar-refractivity contribution in [3.8, 4) is 11.3 Å². The molecule has 1 saturated heterocycles. The Bertz CT molecular complexity index is 1270. The normalized spacial score (nSPS) is 17.6. The highest BCUT2D eigenvalue weighted by Gasteiger charge is 2.23. The number of rotatable bonds is 6. The molecule has 2 atom stereocenters. The van der Waals surface area contributed by atoms with Crippen molar-refractivity contribution in [3.05, 3.63) is 51.3 Å². The summed E-state index contributed by atoms with van der Waals surface area (Å²) < 4.78 is 13.6. The summed E-state index contributed by atoms with van der Waals surface area (Å²) in [7, 11) is 0. The molecule has 0 bridgehead atoms. The number of thioether (sulfide) groups is 1. The van der Waals surface area contributed by atoms with E-state index < -0.39 is 0 Å². The van der Waals surface area contributed by atoms with Crippen molar-refractivity contribution in [2.24, 2.45) is 0 Å². The van der Waals surface area contributed by atoms with Gasteiger partial charge >= 0.3 is 0 Å². The van der Waals surface area contributed by atoms with Crippen LogP contribution in [-0.2, 0) is 11.3 Å². The lowest BCUT2D eigenvalue weighted by molar-refractivity contribution is 0.0944. The molecule has 5 heterocycles. The van der Waals surface area contributed by atoms with Crippen molar-refractivity contribution in [1.82, 2.24) is 19.5 Å². The predicted molar refractivity (Wildman–Crippen MR) is 123 cm³/mol. The Labute approximate surface area is 187 Å². The number of aromatic amines is 1. The van der Waals surface area contributed by atoms with E-state index in [1.54, 1.807) is 18.0 Å². The summed E-state index contributed by atoms with van der Waals surface area (Å²) in [5.41, 5.74) is 2.81. The van der Waals surface area contributed by atoms with Gasteiger partial charge < -0.3 is 18.7 Å². The zero-order valence-corrected chi connectivity index (χ0v) is 19.3. The zero-order chi connectivity index (χ0) is 21.5. The number of furan rings is 1. The van der Waals surface area contributed by atoms with Crippen LogP contribution in [0.4, 0.5) is 0 Å². The number of aryl methyl sites for hydroxylation is 1. The van der Waals surface area contributed by atoms with Gasteiger partial charge in [0.25, 0.3) is 5.56 Å². The van der Waals surface area contributed by atoms with Gasteiger partial charge in [-0.05, 0) is 45.7 Å². The lowest BCUT2D eigenvalue weighted by Gasteiger charge is -2.16. The van der Waals surface area contributed by atoms with Gasteiger partial charge in [0.15, 0.2) is 5.16 Å². The Morgan fingerprint density at radius 1 is 1.39 bits per heavy atom. The average Bonchev–Trinajstić information content (AvgIpc) is 3.54. The van der Waals surface area contributed by atoms with Crippen LogP contribution in [-0.4, -0.2) is 32.2 Å². The topological polar surface area (TPSA) is 85.9 Å². The Morgan fingerprint density at radius 3 is 3.00 bits per heavy atom. The lowest BCUT2D eigenvalue weighted by Crippen LogP contribution is -2.17. The first-order valence-electron chi connectivity index (χ1n) is 10.4. The fourth-order valence-electron chi connectivity index (χ4n) is 3.91. The SMILES string of the molecule is Cc1nc(SC(C)c2nc3scc(-c4ccco4)c3c(=O)[nH]2)n(CC2CCCO2)c1C. The van der Waals surface area contributed by atoms with Gasteiger partial charge in [-0.3, -0.25) is 4.79 Å². The standard InChI is InChI=1S/C22H24N4O3S2/c1-12-13(2)26(10-15-6-4-8-28-15)22(23-12)31-14(3)19-24-20(27)18-16(11-30-21(18)25-19)17-7-5-9-29-17/h5,7,9,11,14-15H,4,6,8,10H2,1-3H3,(H,24,25,27). The summed E-state index contributed by atoms with van der Waals surface area (Å²) in [5.74, 6) is 1.33. The first-order valence-corrected chi connectivity index (χ1v) is 12.1. The Kier molecular flexibility index (Phi) is 5.49. The fourth-order valence-corrected chi connectivity index (χ4v) is 5.91. The van der Waals surface area contributed by atoms with Crippen molar-refractivity contribution in [1.29, 1.82) is 0 Å². The van der Waals surface area contributed by atoms with E-state index >= 15 is 0 Å². The van der Waals surface area contributed by atoms with E-state index in [0.29, 0.717) is 21.8 Å². The number of hydrogen-bond donors (Lipinski definition) is 1. The summed E-state index contributed by atoms with van der Waals surface area (Å²) in [5, 5.41) is 3.38. The first-order chi connectivity index (χ1) is 15.0. The van der Waals surface area contributed by atoms with Crippen LogP contribution in [0.1, 0.15) is 42.2 Å². The number of H-pyrrole nitrogens is 1. The van der Waals surface area contributed by atoms with Crippen molar-refractivity contribution < 1.29 is 9.15 Å². The van der Waals surface area contributed by atoms with Crippen molar-refractivity contribution >= 4 is 33.3 Å². The molecule has 2 unspecified atom stereocenters. The van der Waals surface area contributed by atoms with Gasteiger partial charge in [-0.15, -0.1) is 11.3 Å². The van der Waals surface area contributed by atoms with E-state index in [4.69, 9.17) is 19.1 Å². The summed E-state index contributed by atoms with van der Waals surface area (Å²) in [6, 6.07) is 3.67. The Hall–Kier alpha value is -2.36. The van der Waals surface area contributed by atoms with Gasteiger partial charge in [-0.2, -0.15) is 0 Å². The molecule has 7 nitrogen and oxygen atoms in total. The Balaban J connectivity index is 1.44. The molecule has 9 heteroatoms. The first kappa shape index (κ1) is 20.5. The van der Waals surface area contributed by atoms with Crippen molar-refractivity contribution in [2.75, 3.05) is 6.61 Å². The molecule has 31 heavy (non-hydrogen) atoms. The third-order valence-electron chi connectivity index (χ3n) is 5.75. The largest absolute Gasteiger partial charge is 0.464 e. The zero-order valence-electron chi connectivity index (χ0n) is 17.7. The molecule has 1 aliphatic rings. The number of nitrogens with one attached hydrogen (secondary N) is 1. The fraction of sp³-hybridized carbons (Fsp3) is 0.409. The number of nitrogens with zero attached hydrogens (tertiary/aromatic N) is 3. The highest BCUT2D eigenvalue weighted by Crippen LogP contribution is 2.36. The number of imidazole rings is 1. The number of fused-ring (bicyclic) bond motifs is 1.